The van der Waals surface area contributed by atoms with Crippen molar-refractivity contribution in [1.82, 2.24) is 25.8 Å². The Morgan fingerprint density at radius 2 is 1.88 bits per heavy atom. The van der Waals surface area contributed by atoms with E-state index in [1.54, 1.807) is 12.4 Å². The average molecular weight is 580 g/mol. The molecule has 224 valence electrons. The van der Waals surface area contributed by atoms with Crippen molar-refractivity contribution in [3.63, 3.8) is 0 Å². The van der Waals surface area contributed by atoms with Gasteiger partial charge in [0, 0.05) is 68.3 Å². The van der Waals surface area contributed by atoms with Gasteiger partial charge in [-0.2, -0.15) is 0 Å². The number of pyridine rings is 1. The summed E-state index contributed by atoms with van der Waals surface area (Å²) in [5.41, 5.74) is 8.27. The predicted molar refractivity (Wildman–Crippen MR) is 172 cm³/mol. The summed E-state index contributed by atoms with van der Waals surface area (Å²) in [4.78, 5) is 16.0. The van der Waals surface area contributed by atoms with Crippen LogP contribution in [0.5, 0.6) is 0 Å². The highest BCUT2D eigenvalue weighted by Crippen LogP contribution is 2.29. The third-order valence-corrected chi connectivity index (χ3v) is 8.28. The molecule has 0 bridgehead atoms. The number of aryl methyl sites for hydroxylation is 1. The van der Waals surface area contributed by atoms with E-state index < -0.39 is 0 Å². The zero-order valence-corrected chi connectivity index (χ0v) is 24.8. The van der Waals surface area contributed by atoms with Crippen molar-refractivity contribution in [3.05, 3.63) is 94.5 Å². The summed E-state index contributed by atoms with van der Waals surface area (Å²) in [6.07, 6.45) is 11.7. The van der Waals surface area contributed by atoms with Gasteiger partial charge in [-0.3, -0.25) is 15.4 Å². The predicted octanol–water partition coefficient (Wildman–Crippen LogP) is 4.08. The maximum atomic E-state index is 9.41. The van der Waals surface area contributed by atoms with Crippen molar-refractivity contribution in [1.29, 1.82) is 5.41 Å². The normalized spacial score (nSPS) is 20.4. The highest BCUT2D eigenvalue weighted by Gasteiger charge is 2.33. The number of amidine groups is 1. The Hall–Kier alpha value is -4.44. The highest BCUT2D eigenvalue weighted by molar-refractivity contribution is 6.47. The van der Waals surface area contributed by atoms with Gasteiger partial charge in [-0.15, -0.1) is 0 Å². The second kappa shape index (κ2) is 13.7. The molecule has 10 heteroatoms. The van der Waals surface area contributed by atoms with Crippen LogP contribution in [0.15, 0.2) is 93.3 Å². The lowest BCUT2D eigenvalue weighted by Crippen LogP contribution is -2.54. The average Bonchev–Trinajstić information content (AvgIpc) is 3.53. The van der Waals surface area contributed by atoms with E-state index in [1.807, 2.05) is 24.4 Å². The number of morpholine rings is 1. The molecule has 0 saturated carbocycles. The molecule has 1 saturated heterocycles. The highest BCUT2D eigenvalue weighted by atomic mass is 16.5. The Morgan fingerprint density at radius 3 is 2.65 bits per heavy atom. The van der Waals surface area contributed by atoms with Gasteiger partial charge in [0.1, 0.15) is 17.6 Å². The fourth-order valence-corrected chi connectivity index (χ4v) is 6.00. The molecule has 1 fully saturated rings. The van der Waals surface area contributed by atoms with Crippen molar-refractivity contribution in [2.24, 2.45) is 9.98 Å². The minimum Gasteiger partial charge on any atom is -0.384 e. The first-order valence-corrected chi connectivity index (χ1v) is 15.4. The van der Waals surface area contributed by atoms with E-state index in [2.05, 4.69) is 67.3 Å². The van der Waals surface area contributed by atoms with Crippen LogP contribution in [0, 0.1) is 5.41 Å². The topological polar surface area (TPSA) is 122 Å². The second-order valence-corrected chi connectivity index (χ2v) is 11.0. The fourth-order valence-electron chi connectivity index (χ4n) is 6.00. The second-order valence-electron chi connectivity index (χ2n) is 11.0. The molecule has 1 atom stereocenters. The smallest absolute Gasteiger partial charge is 0.156 e. The lowest BCUT2D eigenvalue weighted by Gasteiger charge is -2.39. The zero-order chi connectivity index (χ0) is 29.4. The van der Waals surface area contributed by atoms with Crippen LogP contribution in [-0.4, -0.2) is 66.7 Å². The van der Waals surface area contributed by atoms with E-state index in [4.69, 9.17) is 9.73 Å². The number of dihydropyridines is 1. The van der Waals surface area contributed by atoms with Gasteiger partial charge in [0.15, 0.2) is 11.7 Å². The van der Waals surface area contributed by atoms with Gasteiger partial charge in [-0.05, 0) is 60.6 Å². The van der Waals surface area contributed by atoms with Gasteiger partial charge in [0.05, 0.1) is 13.2 Å². The summed E-state index contributed by atoms with van der Waals surface area (Å²) in [5, 5.41) is 24.0. The Bertz CT molecular complexity index is 1470. The number of rotatable bonds is 11. The molecule has 1 aromatic carbocycles. The molecule has 5 N–H and O–H groups in total. The van der Waals surface area contributed by atoms with E-state index >= 15 is 0 Å². The van der Waals surface area contributed by atoms with Crippen LogP contribution in [-0.2, 0) is 17.7 Å². The Balaban J connectivity index is 1.34. The number of ether oxygens (including phenoxy) is 1. The largest absolute Gasteiger partial charge is 0.384 e. The lowest BCUT2D eigenvalue weighted by molar-refractivity contribution is 0.0500. The van der Waals surface area contributed by atoms with Gasteiger partial charge in [-0.25, -0.2) is 4.99 Å². The molecule has 0 amide bonds. The van der Waals surface area contributed by atoms with Crippen molar-refractivity contribution in [2.45, 2.75) is 51.7 Å². The first-order chi connectivity index (χ1) is 21.2. The molecular formula is C33H41N9O. The number of benzene rings is 1. The van der Waals surface area contributed by atoms with Gasteiger partial charge in [0.2, 0.25) is 0 Å². The third kappa shape index (κ3) is 6.80. The van der Waals surface area contributed by atoms with E-state index in [0.29, 0.717) is 24.8 Å². The number of hydrogen-bond donors (Lipinski definition) is 5. The van der Waals surface area contributed by atoms with E-state index in [1.165, 1.54) is 11.1 Å². The molecule has 3 aliphatic heterocycles. The van der Waals surface area contributed by atoms with E-state index in [-0.39, 0.29) is 6.17 Å². The van der Waals surface area contributed by atoms with Crippen LogP contribution in [0.2, 0.25) is 0 Å². The number of nitrogens with zero attached hydrogens (tertiary/aromatic N) is 4. The van der Waals surface area contributed by atoms with Gasteiger partial charge >= 0.3 is 0 Å². The maximum Gasteiger partial charge on any atom is 0.156 e. The summed E-state index contributed by atoms with van der Waals surface area (Å²) in [7, 11) is 0. The van der Waals surface area contributed by atoms with Crippen molar-refractivity contribution < 1.29 is 4.74 Å². The number of allylic oxidation sites excluding steroid dienone is 2. The van der Waals surface area contributed by atoms with Gasteiger partial charge in [-0.1, -0.05) is 31.2 Å². The van der Waals surface area contributed by atoms with Crippen molar-refractivity contribution >= 4 is 23.4 Å². The lowest BCUT2D eigenvalue weighted by atomic mass is 10.0. The monoisotopic (exact) mass is 579 g/mol. The molecule has 6 rings (SSSR count). The zero-order valence-electron chi connectivity index (χ0n) is 24.8. The summed E-state index contributed by atoms with van der Waals surface area (Å²) in [6, 6.07) is 12.5. The number of hydrogen-bond acceptors (Lipinski definition) is 10. The number of aromatic nitrogens is 1. The minimum absolute atomic E-state index is 0.316. The number of nitrogens with one attached hydrogen (secondary N) is 5. The quantitative estimate of drug-likeness (QED) is 0.254. The van der Waals surface area contributed by atoms with Crippen molar-refractivity contribution in [2.75, 3.05) is 38.2 Å². The molecule has 4 aliphatic rings. The minimum atomic E-state index is -0.316. The Labute approximate surface area is 253 Å². The third-order valence-electron chi connectivity index (χ3n) is 8.28. The van der Waals surface area contributed by atoms with E-state index in [9.17, 15) is 5.41 Å². The fraction of sp³-hybridized carbons (Fsp3) is 0.394. The summed E-state index contributed by atoms with van der Waals surface area (Å²) in [6.45, 7) is 6.53. The van der Waals surface area contributed by atoms with Crippen LogP contribution in [0.1, 0.15) is 43.7 Å². The molecule has 43 heavy (non-hydrogen) atoms. The number of aliphatic imine (C=N–C) groups is 2. The van der Waals surface area contributed by atoms with Gasteiger partial charge in [0.25, 0.3) is 0 Å². The molecule has 0 radical (unpaired) electrons. The summed E-state index contributed by atoms with van der Waals surface area (Å²) in [5.74, 6) is 1.31. The van der Waals surface area contributed by atoms with Gasteiger partial charge < -0.3 is 30.9 Å². The molecule has 1 aromatic heterocycles. The van der Waals surface area contributed by atoms with E-state index in [0.717, 1.165) is 92.5 Å². The van der Waals surface area contributed by atoms with Crippen LogP contribution < -0.4 is 21.3 Å². The maximum absolute atomic E-state index is 9.41. The molecule has 0 spiro atoms. The van der Waals surface area contributed by atoms with Crippen LogP contribution in [0.25, 0.3) is 0 Å². The first kappa shape index (κ1) is 28.7. The summed E-state index contributed by atoms with van der Waals surface area (Å²) >= 11 is 0. The first-order valence-electron chi connectivity index (χ1n) is 15.4. The molecule has 10 nitrogen and oxygen atoms in total. The SMILES string of the molecule is CCc1ccccc1CNC1=C(C(=N)C2=NC(NC3=CC=NCC3)=C(N3CCOCC3)C(Nc3ccncc3)N2)CCC1. The Morgan fingerprint density at radius 1 is 1.07 bits per heavy atom. The van der Waals surface area contributed by atoms with Crippen LogP contribution in [0.3, 0.4) is 0 Å². The molecule has 1 aliphatic carbocycles. The Kier molecular flexibility index (Phi) is 9.13. The molecular weight excluding hydrogens is 538 g/mol. The molecule has 4 heterocycles. The standard InChI is InChI=1S/C33H41N9O/c1-2-23-6-3-4-7-24(23)22-37-28-9-5-8-27(28)29(34)31-40-32(38-25-10-14-35-15-11-25)30(42-18-20-43-21-19-42)33(41-31)39-26-12-16-36-17-13-26/h3-4,6-7,10-12,14-16,32,34,37,39H,2,5,8-9,13,17-22H2,1H3,(H,35,38)(H,40,41). The van der Waals surface area contributed by atoms with Crippen LogP contribution >= 0.6 is 0 Å². The molecule has 2 aromatic rings. The number of anilines is 1. The molecule has 1 unspecified atom stereocenters. The van der Waals surface area contributed by atoms with Crippen LogP contribution in [0.4, 0.5) is 5.69 Å². The summed E-state index contributed by atoms with van der Waals surface area (Å²) < 4.78 is 5.69. The van der Waals surface area contributed by atoms with Crippen molar-refractivity contribution in [3.8, 4) is 0 Å².